The maximum absolute atomic E-state index is 11.1. The third-order valence-electron chi connectivity index (χ3n) is 9.02. The summed E-state index contributed by atoms with van der Waals surface area (Å²) in [5.74, 6) is 1.20. The van der Waals surface area contributed by atoms with Crippen LogP contribution in [0.4, 0.5) is 5.82 Å². The Morgan fingerprint density at radius 3 is 2.62 bits per heavy atom. The number of hydrogen-bond donors (Lipinski definition) is 5. The molecule has 5 atom stereocenters. The first-order chi connectivity index (χ1) is 19.9. The molecule has 0 amide bonds. The van der Waals surface area contributed by atoms with Crippen molar-refractivity contribution < 1.29 is 20.1 Å². The molecule has 4 heterocycles. The number of rotatable bonds is 8. The van der Waals surface area contributed by atoms with E-state index in [2.05, 4.69) is 77.7 Å². The number of nitrogen functional groups attached to an aromatic ring is 1. The van der Waals surface area contributed by atoms with Crippen LogP contribution in [0.3, 0.4) is 0 Å². The number of nitrogens with zero attached hydrogens (tertiary/aromatic N) is 6. The highest BCUT2D eigenvalue weighted by molar-refractivity contribution is 5.81. The number of aromatic nitrogens is 6. The number of H-pyrrole nitrogens is 1. The van der Waals surface area contributed by atoms with Gasteiger partial charge >= 0.3 is 0 Å². The molecule has 0 radical (unpaired) electrons. The van der Waals surface area contributed by atoms with Gasteiger partial charge in [-0.2, -0.15) is 0 Å². The summed E-state index contributed by atoms with van der Waals surface area (Å²) in [5.41, 5.74) is 9.97. The van der Waals surface area contributed by atoms with E-state index in [1.54, 1.807) is 4.57 Å². The number of imidazole rings is 2. The molecule has 1 unspecified atom stereocenters. The molecule has 1 saturated heterocycles. The molecule has 1 saturated carbocycles. The number of aromatic amines is 1. The fourth-order valence-electron chi connectivity index (χ4n) is 6.36. The lowest BCUT2D eigenvalue weighted by Gasteiger charge is -2.47. The largest absolute Gasteiger partial charge is 0.392 e. The van der Waals surface area contributed by atoms with E-state index in [-0.39, 0.29) is 29.2 Å². The Bertz CT molecular complexity index is 1560. The van der Waals surface area contributed by atoms with Gasteiger partial charge < -0.3 is 30.8 Å². The number of ether oxygens (including phenoxy) is 1. The highest BCUT2D eigenvalue weighted by Gasteiger charge is 2.47. The standard InChI is InChI=1S/C30H42N8O4/c1-15(2)37(12-22-25(40)26(41)29(42-22)38-14-34-24-27(31)32-13-33-28(24)38)18-8-16(9-18)21(39)11-23-35-19-7-6-17(30(3,4)5)10-20(19)36-23/h6-7,10,13-16,18,21-22,25-26,29,39-41H,8-9,11-12H2,1-5H3,(H,35,36)(H2,31,32,33)/t16-,18-,21?,22-,25-,26-,29-/m1/s1. The van der Waals surface area contributed by atoms with Gasteiger partial charge in [0.25, 0.3) is 0 Å². The van der Waals surface area contributed by atoms with Crippen molar-refractivity contribution in [2.75, 3.05) is 12.3 Å². The quantitative estimate of drug-likeness (QED) is 0.209. The molecule has 226 valence electrons. The average molecular weight is 579 g/mol. The van der Waals surface area contributed by atoms with Gasteiger partial charge in [0.1, 0.15) is 36.0 Å². The summed E-state index contributed by atoms with van der Waals surface area (Å²) in [6, 6.07) is 6.75. The van der Waals surface area contributed by atoms with Gasteiger partial charge in [0.2, 0.25) is 0 Å². The molecular formula is C30H42N8O4. The van der Waals surface area contributed by atoms with Gasteiger partial charge in [-0.25, -0.2) is 19.9 Å². The molecule has 0 bridgehead atoms. The lowest BCUT2D eigenvalue weighted by Crippen LogP contribution is -2.54. The fourth-order valence-corrected chi connectivity index (χ4v) is 6.36. The van der Waals surface area contributed by atoms with Crippen molar-refractivity contribution in [2.45, 2.75) is 102 Å². The molecule has 0 spiro atoms. The predicted molar refractivity (Wildman–Crippen MR) is 159 cm³/mol. The molecule has 2 fully saturated rings. The summed E-state index contributed by atoms with van der Waals surface area (Å²) in [5, 5.41) is 32.9. The summed E-state index contributed by atoms with van der Waals surface area (Å²) in [6.45, 7) is 11.2. The number of hydrogen-bond acceptors (Lipinski definition) is 10. The third kappa shape index (κ3) is 5.26. The molecule has 12 nitrogen and oxygen atoms in total. The Kier molecular flexibility index (Phi) is 7.47. The van der Waals surface area contributed by atoms with Crippen LogP contribution in [-0.2, 0) is 16.6 Å². The fraction of sp³-hybridized carbons (Fsp3) is 0.600. The van der Waals surface area contributed by atoms with Crippen LogP contribution < -0.4 is 5.73 Å². The van der Waals surface area contributed by atoms with Crippen LogP contribution in [0.5, 0.6) is 0 Å². The zero-order valence-corrected chi connectivity index (χ0v) is 24.8. The van der Waals surface area contributed by atoms with Crippen molar-refractivity contribution in [2.24, 2.45) is 5.92 Å². The van der Waals surface area contributed by atoms with E-state index >= 15 is 0 Å². The first kappa shape index (κ1) is 28.9. The topological polar surface area (TPSA) is 171 Å². The summed E-state index contributed by atoms with van der Waals surface area (Å²) >= 11 is 0. The maximum atomic E-state index is 11.1. The van der Waals surface area contributed by atoms with Gasteiger partial charge in [-0.05, 0) is 55.7 Å². The number of benzene rings is 1. The van der Waals surface area contributed by atoms with Gasteiger partial charge in [0.15, 0.2) is 17.7 Å². The second-order valence-corrected chi connectivity index (χ2v) is 13.2. The maximum Gasteiger partial charge on any atom is 0.167 e. The lowest BCUT2D eigenvalue weighted by atomic mass is 9.74. The van der Waals surface area contributed by atoms with Crippen LogP contribution in [0.25, 0.3) is 22.2 Å². The highest BCUT2D eigenvalue weighted by Crippen LogP contribution is 2.39. The molecule has 12 heteroatoms. The lowest BCUT2D eigenvalue weighted by molar-refractivity contribution is -0.0713. The minimum Gasteiger partial charge on any atom is -0.392 e. The van der Waals surface area contributed by atoms with E-state index in [0.717, 1.165) is 29.7 Å². The number of aliphatic hydroxyl groups is 3. The summed E-state index contributed by atoms with van der Waals surface area (Å²) < 4.78 is 7.80. The number of anilines is 1. The number of fused-ring (bicyclic) bond motifs is 2. The summed E-state index contributed by atoms with van der Waals surface area (Å²) in [6.07, 6.45) is 0.796. The summed E-state index contributed by atoms with van der Waals surface area (Å²) in [4.78, 5) is 22.9. The summed E-state index contributed by atoms with van der Waals surface area (Å²) in [7, 11) is 0. The second kappa shape index (κ2) is 10.8. The van der Waals surface area contributed by atoms with Crippen LogP contribution in [0, 0.1) is 5.92 Å². The normalized spacial score (nSPS) is 27.4. The predicted octanol–water partition coefficient (Wildman–Crippen LogP) is 2.29. The molecular weight excluding hydrogens is 536 g/mol. The zero-order valence-electron chi connectivity index (χ0n) is 24.8. The molecule has 6 N–H and O–H groups in total. The molecule has 3 aromatic heterocycles. The SMILES string of the molecule is CC(C)N(C[C@H]1O[C@@H](n2cnc3c(N)ncnc32)[C@H](O)[C@@H]1O)[C@H]1C[C@H](C(O)Cc2nc3cc(C(C)(C)C)ccc3[nH]2)C1. The Hall–Kier alpha value is -3.16. The smallest absolute Gasteiger partial charge is 0.167 e. The van der Waals surface area contributed by atoms with Crippen LogP contribution in [0.1, 0.15) is 65.1 Å². The van der Waals surface area contributed by atoms with E-state index in [1.165, 1.54) is 18.2 Å². The van der Waals surface area contributed by atoms with Crippen molar-refractivity contribution in [3.8, 4) is 0 Å². The molecule has 4 aromatic rings. The van der Waals surface area contributed by atoms with Crippen molar-refractivity contribution in [1.82, 2.24) is 34.4 Å². The molecule has 1 aliphatic carbocycles. The Morgan fingerprint density at radius 1 is 1.14 bits per heavy atom. The molecule has 2 aliphatic rings. The second-order valence-electron chi connectivity index (χ2n) is 13.2. The minimum absolute atomic E-state index is 0.0476. The van der Waals surface area contributed by atoms with Crippen LogP contribution >= 0.6 is 0 Å². The Morgan fingerprint density at radius 2 is 1.90 bits per heavy atom. The van der Waals surface area contributed by atoms with Crippen molar-refractivity contribution in [1.29, 1.82) is 0 Å². The van der Waals surface area contributed by atoms with Crippen LogP contribution in [-0.4, -0.2) is 92.8 Å². The Balaban J connectivity index is 1.08. The van der Waals surface area contributed by atoms with Gasteiger partial charge in [0, 0.05) is 25.0 Å². The first-order valence-electron chi connectivity index (χ1n) is 14.8. The highest BCUT2D eigenvalue weighted by atomic mass is 16.6. The van der Waals surface area contributed by atoms with Gasteiger partial charge in [-0.1, -0.05) is 26.8 Å². The first-order valence-corrected chi connectivity index (χ1v) is 14.8. The number of nitrogens with two attached hydrogens (primary N) is 1. The molecule has 42 heavy (non-hydrogen) atoms. The monoisotopic (exact) mass is 578 g/mol. The van der Waals surface area contributed by atoms with E-state index in [1.807, 2.05) is 0 Å². The molecule has 6 rings (SSSR count). The van der Waals surface area contributed by atoms with Crippen molar-refractivity contribution in [3.05, 3.63) is 42.2 Å². The number of nitrogens with one attached hydrogen (secondary N) is 1. The third-order valence-corrected chi connectivity index (χ3v) is 9.02. The van der Waals surface area contributed by atoms with Crippen LogP contribution in [0.15, 0.2) is 30.9 Å². The van der Waals surface area contributed by atoms with Crippen molar-refractivity contribution >= 4 is 28.0 Å². The molecule has 1 aromatic carbocycles. The van der Waals surface area contributed by atoms with E-state index in [9.17, 15) is 15.3 Å². The van der Waals surface area contributed by atoms with Crippen molar-refractivity contribution in [3.63, 3.8) is 0 Å². The van der Waals surface area contributed by atoms with Gasteiger partial charge in [0.05, 0.1) is 23.5 Å². The zero-order chi connectivity index (χ0) is 29.9. The van der Waals surface area contributed by atoms with Gasteiger partial charge in [-0.15, -0.1) is 0 Å². The van der Waals surface area contributed by atoms with E-state index in [4.69, 9.17) is 15.5 Å². The van der Waals surface area contributed by atoms with Gasteiger partial charge in [-0.3, -0.25) is 9.47 Å². The number of aliphatic hydroxyl groups excluding tert-OH is 3. The van der Waals surface area contributed by atoms with Crippen LogP contribution in [0.2, 0.25) is 0 Å². The average Bonchev–Trinajstić information content (AvgIpc) is 3.58. The van der Waals surface area contributed by atoms with E-state index in [0.29, 0.717) is 24.1 Å². The minimum atomic E-state index is -1.16. The van der Waals surface area contributed by atoms with E-state index < -0.39 is 30.6 Å². The Labute approximate surface area is 245 Å². The molecule has 1 aliphatic heterocycles.